The molecule has 0 radical (unpaired) electrons. The third-order valence-corrected chi connectivity index (χ3v) is 3.78. The Morgan fingerprint density at radius 3 is 2.67 bits per heavy atom. The van der Waals surface area contributed by atoms with E-state index in [4.69, 9.17) is 15.2 Å². The summed E-state index contributed by atoms with van der Waals surface area (Å²) in [5.74, 6) is 0.914. The highest BCUT2D eigenvalue weighted by atomic mass is 16.5. The van der Waals surface area contributed by atoms with Crippen LogP contribution in [0.5, 0.6) is 5.75 Å². The highest BCUT2D eigenvalue weighted by Gasteiger charge is 2.23. The van der Waals surface area contributed by atoms with E-state index in [2.05, 4.69) is 24.0 Å². The maximum absolute atomic E-state index is 6.04. The second-order valence-electron chi connectivity index (χ2n) is 6.02. The minimum atomic E-state index is 0.199. The number of nitrogens with zero attached hydrogens (tertiary/aromatic N) is 1. The molecule has 1 saturated heterocycles. The van der Waals surface area contributed by atoms with Crippen LogP contribution >= 0.6 is 0 Å². The summed E-state index contributed by atoms with van der Waals surface area (Å²) in [7, 11) is 0. The van der Waals surface area contributed by atoms with Crippen LogP contribution in [0.1, 0.15) is 38.8 Å². The molecule has 2 rings (SSSR count). The fourth-order valence-corrected chi connectivity index (χ4v) is 2.85. The first-order chi connectivity index (χ1) is 10.1. The number of nitrogens with two attached hydrogens (primary N) is 1. The van der Waals surface area contributed by atoms with E-state index in [1.807, 2.05) is 26.0 Å². The van der Waals surface area contributed by atoms with Gasteiger partial charge in [-0.15, -0.1) is 0 Å². The summed E-state index contributed by atoms with van der Waals surface area (Å²) in [5, 5.41) is 0. The molecule has 1 aromatic carbocycles. The summed E-state index contributed by atoms with van der Waals surface area (Å²) in [6.07, 6.45) is 1.53. The zero-order valence-electron chi connectivity index (χ0n) is 13.4. The minimum absolute atomic E-state index is 0.199. The fourth-order valence-electron chi connectivity index (χ4n) is 2.85. The van der Waals surface area contributed by atoms with E-state index in [1.165, 1.54) is 5.56 Å². The zero-order chi connectivity index (χ0) is 15.2. The molecule has 0 amide bonds. The van der Waals surface area contributed by atoms with E-state index in [0.29, 0.717) is 6.54 Å². The van der Waals surface area contributed by atoms with Crippen molar-refractivity contribution < 1.29 is 9.47 Å². The van der Waals surface area contributed by atoms with E-state index in [1.54, 1.807) is 0 Å². The van der Waals surface area contributed by atoms with Crippen LogP contribution in [0.25, 0.3) is 0 Å². The van der Waals surface area contributed by atoms with Crippen LogP contribution in [0.3, 0.4) is 0 Å². The maximum atomic E-state index is 6.04. The monoisotopic (exact) mass is 292 g/mol. The number of hydrogen-bond acceptors (Lipinski definition) is 4. The first-order valence-electron chi connectivity index (χ1n) is 7.92. The van der Waals surface area contributed by atoms with Gasteiger partial charge in [-0.1, -0.05) is 12.1 Å². The van der Waals surface area contributed by atoms with Gasteiger partial charge in [-0.2, -0.15) is 0 Å². The lowest BCUT2D eigenvalue weighted by Gasteiger charge is -2.31. The van der Waals surface area contributed by atoms with Gasteiger partial charge in [0.05, 0.1) is 12.2 Å². The summed E-state index contributed by atoms with van der Waals surface area (Å²) >= 11 is 0. The van der Waals surface area contributed by atoms with Crippen molar-refractivity contribution in [2.45, 2.75) is 45.4 Å². The first kappa shape index (κ1) is 16.3. The Labute approximate surface area is 128 Å². The van der Waals surface area contributed by atoms with Gasteiger partial charge in [0.15, 0.2) is 0 Å². The summed E-state index contributed by atoms with van der Waals surface area (Å²) in [6, 6.07) is 8.59. The maximum Gasteiger partial charge on any atom is 0.119 e. The molecule has 2 N–H and O–H groups in total. The molecule has 118 valence electrons. The topological polar surface area (TPSA) is 47.7 Å². The summed E-state index contributed by atoms with van der Waals surface area (Å²) < 4.78 is 11.4. The average molecular weight is 292 g/mol. The van der Waals surface area contributed by atoms with Crippen molar-refractivity contribution in [2.24, 2.45) is 5.73 Å². The molecule has 0 spiro atoms. The van der Waals surface area contributed by atoms with Gasteiger partial charge < -0.3 is 15.2 Å². The van der Waals surface area contributed by atoms with Crippen LogP contribution in [0.4, 0.5) is 0 Å². The van der Waals surface area contributed by atoms with Gasteiger partial charge in [0, 0.05) is 32.3 Å². The van der Waals surface area contributed by atoms with Crippen LogP contribution in [-0.2, 0) is 4.74 Å². The lowest BCUT2D eigenvalue weighted by molar-refractivity contribution is 0.0611. The summed E-state index contributed by atoms with van der Waals surface area (Å²) in [6.45, 7) is 9.64. The van der Waals surface area contributed by atoms with Gasteiger partial charge in [-0.25, -0.2) is 0 Å². The molecular weight excluding hydrogens is 264 g/mol. The molecule has 4 nitrogen and oxygen atoms in total. The zero-order valence-corrected chi connectivity index (χ0v) is 13.4. The van der Waals surface area contributed by atoms with E-state index in [0.717, 1.165) is 31.9 Å². The standard InChI is InChI=1S/C17H28N2O2/c1-13(2)21-16-7-5-15(6-8-16)17(11-18)19-9-4-10-20-14(3)12-19/h5-8,13-14,17H,4,9-12,18H2,1-3H3. The molecule has 0 bridgehead atoms. The number of rotatable bonds is 5. The Balaban J connectivity index is 2.08. The molecule has 1 heterocycles. The van der Waals surface area contributed by atoms with Crippen molar-refractivity contribution in [3.63, 3.8) is 0 Å². The summed E-state index contributed by atoms with van der Waals surface area (Å²) in [4.78, 5) is 2.44. The molecule has 0 aromatic heterocycles. The van der Waals surface area contributed by atoms with Crippen molar-refractivity contribution in [1.29, 1.82) is 0 Å². The predicted octanol–water partition coefficient (Wildman–Crippen LogP) is 2.58. The highest BCUT2D eigenvalue weighted by molar-refractivity contribution is 5.29. The molecule has 0 aliphatic carbocycles. The van der Waals surface area contributed by atoms with E-state index < -0.39 is 0 Å². The molecule has 1 fully saturated rings. The van der Waals surface area contributed by atoms with E-state index >= 15 is 0 Å². The molecule has 1 aliphatic heterocycles. The highest BCUT2D eigenvalue weighted by Crippen LogP contribution is 2.24. The predicted molar refractivity (Wildman–Crippen MR) is 85.6 cm³/mol. The summed E-state index contributed by atoms with van der Waals surface area (Å²) in [5.41, 5.74) is 7.29. The Hall–Kier alpha value is -1.10. The minimum Gasteiger partial charge on any atom is -0.491 e. The average Bonchev–Trinajstić information content (AvgIpc) is 2.66. The van der Waals surface area contributed by atoms with Gasteiger partial charge in [0.1, 0.15) is 5.75 Å². The van der Waals surface area contributed by atoms with Gasteiger partial charge >= 0.3 is 0 Å². The molecule has 21 heavy (non-hydrogen) atoms. The van der Waals surface area contributed by atoms with Gasteiger partial charge in [-0.05, 0) is 44.9 Å². The normalized spacial score (nSPS) is 22.0. The number of ether oxygens (including phenoxy) is 2. The molecule has 1 aliphatic rings. The molecule has 0 saturated carbocycles. The Bertz CT molecular complexity index is 419. The van der Waals surface area contributed by atoms with Crippen LogP contribution in [0.2, 0.25) is 0 Å². The van der Waals surface area contributed by atoms with Gasteiger partial charge in [0.2, 0.25) is 0 Å². The SMILES string of the molecule is CC(C)Oc1ccc(C(CN)N2CCCOC(C)C2)cc1. The first-order valence-corrected chi connectivity index (χ1v) is 7.92. The third kappa shape index (κ3) is 4.70. The molecule has 4 heteroatoms. The smallest absolute Gasteiger partial charge is 0.119 e. The van der Waals surface area contributed by atoms with Gasteiger partial charge in [0.25, 0.3) is 0 Å². The number of benzene rings is 1. The Kier molecular flexibility index (Phi) is 6.03. The van der Waals surface area contributed by atoms with Crippen molar-refractivity contribution >= 4 is 0 Å². The number of hydrogen-bond donors (Lipinski definition) is 1. The van der Waals surface area contributed by atoms with Crippen LogP contribution in [0.15, 0.2) is 24.3 Å². The largest absolute Gasteiger partial charge is 0.491 e. The second-order valence-corrected chi connectivity index (χ2v) is 6.02. The third-order valence-electron chi connectivity index (χ3n) is 3.78. The second kappa shape index (κ2) is 7.78. The molecule has 2 unspecified atom stereocenters. The van der Waals surface area contributed by atoms with Crippen molar-refractivity contribution in [1.82, 2.24) is 4.90 Å². The Morgan fingerprint density at radius 2 is 2.05 bits per heavy atom. The lowest BCUT2D eigenvalue weighted by atomic mass is 10.0. The molecule has 1 aromatic rings. The van der Waals surface area contributed by atoms with Gasteiger partial charge in [-0.3, -0.25) is 4.90 Å². The Morgan fingerprint density at radius 1 is 1.33 bits per heavy atom. The quantitative estimate of drug-likeness (QED) is 0.906. The van der Waals surface area contributed by atoms with Crippen molar-refractivity contribution in [2.75, 3.05) is 26.2 Å². The molecular formula is C17H28N2O2. The van der Waals surface area contributed by atoms with Crippen LogP contribution < -0.4 is 10.5 Å². The van der Waals surface area contributed by atoms with E-state index in [-0.39, 0.29) is 18.2 Å². The fraction of sp³-hybridized carbons (Fsp3) is 0.647. The lowest BCUT2D eigenvalue weighted by Crippen LogP contribution is -2.37. The van der Waals surface area contributed by atoms with Crippen molar-refractivity contribution in [3.05, 3.63) is 29.8 Å². The van der Waals surface area contributed by atoms with Crippen LogP contribution in [-0.4, -0.2) is 43.3 Å². The van der Waals surface area contributed by atoms with E-state index in [9.17, 15) is 0 Å². The van der Waals surface area contributed by atoms with Crippen molar-refractivity contribution in [3.8, 4) is 5.75 Å². The molecule has 2 atom stereocenters. The van der Waals surface area contributed by atoms with Crippen LogP contribution in [0, 0.1) is 0 Å².